The lowest BCUT2D eigenvalue weighted by Gasteiger charge is -2.05. The zero-order chi connectivity index (χ0) is 22.4. The summed E-state index contributed by atoms with van der Waals surface area (Å²) < 4.78 is 42.3. The van der Waals surface area contributed by atoms with Crippen molar-refractivity contribution in [1.29, 1.82) is 0 Å². The first-order valence-corrected chi connectivity index (χ1v) is 12.1. The fourth-order valence-electron chi connectivity index (χ4n) is 2.42. The Labute approximate surface area is 176 Å². The molecule has 0 spiro atoms. The Kier molecular flexibility index (Phi) is 22.3. The predicted molar refractivity (Wildman–Crippen MR) is 112 cm³/mol. The van der Waals surface area contributed by atoms with Crippen molar-refractivity contribution in [3.8, 4) is 0 Å². The number of hydrogen-bond donors (Lipinski definition) is 1. The molecule has 0 radical (unpaired) electrons. The fraction of sp³-hybridized carbons (Fsp3) is 0.900. The molecule has 0 fully saturated rings. The van der Waals surface area contributed by atoms with Gasteiger partial charge in [-0.3, -0.25) is 14.1 Å². The number of hydrogen-bond acceptors (Lipinski definition) is 7. The number of carbonyl (C=O) groups excluding carboxylic acids is 2. The van der Waals surface area contributed by atoms with Crippen LogP contribution < -0.4 is 0 Å². The molecule has 0 aliphatic heterocycles. The number of esters is 1. The molecule has 0 atom stereocenters. The van der Waals surface area contributed by atoms with Crippen LogP contribution in [0.25, 0.3) is 0 Å². The van der Waals surface area contributed by atoms with E-state index in [0.29, 0.717) is 6.61 Å². The van der Waals surface area contributed by atoms with Crippen LogP contribution in [0.1, 0.15) is 97.8 Å². The molecule has 0 aliphatic carbocycles. The van der Waals surface area contributed by atoms with Gasteiger partial charge in [-0.2, -0.15) is 8.42 Å². The first kappa shape index (κ1) is 30.0. The predicted octanol–water partition coefficient (Wildman–Crippen LogP) is 4.62. The van der Waals surface area contributed by atoms with Gasteiger partial charge in [-0.1, -0.05) is 64.7 Å². The van der Waals surface area contributed by atoms with Crippen molar-refractivity contribution in [2.75, 3.05) is 19.8 Å². The third-order valence-electron chi connectivity index (χ3n) is 3.90. The third kappa shape index (κ3) is 29.1. The highest BCUT2D eigenvalue weighted by Crippen LogP contribution is 2.10. The van der Waals surface area contributed by atoms with Gasteiger partial charge in [0.1, 0.15) is 0 Å². The molecule has 9 heteroatoms. The van der Waals surface area contributed by atoms with Crippen molar-refractivity contribution in [2.24, 2.45) is 0 Å². The zero-order valence-electron chi connectivity index (χ0n) is 18.3. The maximum Gasteiger partial charge on any atom is 0.448 e. The van der Waals surface area contributed by atoms with E-state index in [-0.39, 0.29) is 6.42 Å². The summed E-state index contributed by atoms with van der Waals surface area (Å²) >= 11 is 0. The highest BCUT2D eigenvalue weighted by Gasteiger charge is 2.15. The summed E-state index contributed by atoms with van der Waals surface area (Å²) in [5.74, 6) is -1.77. The van der Waals surface area contributed by atoms with Gasteiger partial charge in [0.25, 0.3) is 0 Å². The van der Waals surface area contributed by atoms with Gasteiger partial charge in [0.05, 0.1) is 19.4 Å². The lowest BCUT2D eigenvalue weighted by Crippen LogP contribution is -2.14. The van der Waals surface area contributed by atoms with Gasteiger partial charge in [0.15, 0.2) is 0 Å². The first-order chi connectivity index (χ1) is 13.8. The molecule has 0 aromatic heterocycles. The summed E-state index contributed by atoms with van der Waals surface area (Å²) in [5, 5.41) is 0. The SMILES string of the molecule is CCCCCCCCCCCCOC(=O)CCC(=O)OS(=O)(=O)O.CCOCC. The maximum atomic E-state index is 11.3. The van der Waals surface area contributed by atoms with Crippen LogP contribution >= 0.6 is 0 Å². The van der Waals surface area contributed by atoms with Crippen LogP contribution in [-0.4, -0.2) is 44.7 Å². The first-order valence-electron chi connectivity index (χ1n) is 10.7. The molecule has 29 heavy (non-hydrogen) atoms. The van der Waals surface area contributed by atoms with Crippen LogP contribution in [0.2, 0.25) is 0 Å². The summed E-state index contributed by atoms with van der Waals surface area (Å²) in [4.78, 5) is 22.3. The fourth-order valence-corrected chi connectivity index (χ4v) is 2.73. The van der Waals surface area contributed by atoms with Gasteiger partial charge in [0, 0.05) is 13.2 Å². The van der Waals surface area contributed by atoms with Crippen LogP contribution in [-0.2, 0) is 33.6 Å². The molecule has 8 nitrogen and oxygen atoms in total. The molecule has 174 valence electrons. The average molecular weight is 441 g/mol. The third-order valence-corrected chi connectivity index (χ3v) is 4.30. The lowest BCUT2D eigenvalue weighted by molar-refractivity contribution is -0.147. The molecule has 0 aromatic rings. The Morgan fingerprint density at radius 1 is 0.724 bits per heavy atom. The Morgan fingerprint density at radius 2 is 1.17 bits per heavy atom. The average Bonchev–Trinajstić information content (AvgIpc) is 2.64. The minimum Gasteiger partial charge on any atom is -0.466 e. The molecular formula is C20H40O8S. The second-order valence-electron chi connectivity index (χ2n) is 6.57. The van der Waals surface area contributed by atoms with Gasteiger partial charge in [-0.25, -0.2) is 0 Å². The second kappa shape index (κ2) is 21.5. The van der Waals surface area contributed by atoms with Crippen LogP contribution in [0, 0.1) is 0 Å². The van der Waals surface area contributed by atoms with Crippen molar-refractivity contribution >= 4 is 22.3 Å². The Balaban J connectivity index is 0. The number of rotatable bonds is 17. The molecular weight excluding hydrogens is 400 g/mol. The van der Waals surface area contributed by atoms with E-state index < -0.39 is 28.8 Å². The number of unbranched alkanes of at least 4 members (excludes halogenated alkanes) is 9. The van der Waals surface area contributed by atoms with Gasteiger partial charge >= 0.3 is 22.3 Å². The van der Waals surface area contributed by atoms with Gasteiger partial charge in [-0.15, -0.1) is 0 Å². The Hall–Kier alpha value is -1.19. The maximum absolute atomic E-state index is 11.3. The highest BCUT2D eigenvalue weighted by molar-refractivity contribution is 7.81. The molecule has 0 saturated carbocycles. The number of carbonyl (C=O) groups is 2. The summed E-state index contributed by atoms with van der Waals surface area (Å²) in [6.45, 7) is 8.17. The van der Waals surface area contributed by atoms with E-state index in [2.05, 4.69) is 11.1 Å². The molecule has 0 aromatic carbocycles. The topological polar surface area (TPSA) is 116 Å². The molecule has 0 amide bonds. The van der Waals surface area contributed by atoms with E-state index >= 15 is 0 Å². The minimum absolute atomic E-state index is 0.272. The summed E-state index contributed by atoms with van der Waals surface area (Å²) in [6.07, 6.45) is 11.1. The smallest absolute Gasteiger partial charge is 0.448 e. The standard InChI is InChI=1S/C16H30O7S.C4H10O/c1-2-3-4-5-6-7-8-9-10-11-14-22-15(17)12-13-16(18)23-24(19,20)21;1-3-5-4-2/h2-14H2,1H3,(H,19,20,21);3-4H2,1-2H3. The molecule has 0 rings (SSSR count). The van der Waals surface area contributed by atoms with Crippen LogP contribution in [0.4, 0.5) is 0 Å². The lowest BCUT2D eigenvalue weighted by atomic mass is 10.1. The van der Waals surface area contributed by atoms with E-state index in [1.165, 1.54) is 44.9 Å². The van der Waals surface area contributed by atoms with E-state index in [0.717, 1.165) is 32.5 Å². The molecule has 0 bridgehead atoms. The number of ether oxygens (including phenoxy) is 2. The van der Waals surface area contributed by atoms with Crippen molar-refractivity contribution < 1.29 is 36.2 Å². The summed E-state index contributed by atoms with van der Waals surface area (Å²) in [7, 11) is -4.81. The molecule has 0 heterocycles. The van der Waals surface area contributed by atoms with E-state index in [9.17, 15) is 18.0 Å². The van der Waals surface area contributed by atoms with Crippen molar-refractivity contribution in [2.45, 2.75) is 97.8 Å². The van der Waals surface area contributed by atoms with E-state index in [1.807, 2.05) is 13.8 Å². The molecule has 0 unspecified atom stereocenters. The van der Waals surface area contributed by atoms with Crippen molar-refractivity contribution in [3.05, 3.63) is 0 Å². The quantitative estimate of drug-likeness (QED) is 0.198. The van der Waals surface area contributed by atoms with Crippen LogP contribution in [0.15, 0.2) is 0 Å². The summed E-state index contributed by atoms with van der Waals surface area (Å²) in [6, 6.07) is 0. The minimum atomic E-state index is -4.81. The van der Waals surface area contributed by atoms with Crippen LogP contribution in [0.3, 0.4) is 0 Å². The van der Waals surface area contributed by atoms with Gasteiger partial charge in [-0.05, 0) is 20.3 Å². The van der Waals surface area contributed by atoms with Crippen LogP contribution in [0.5, 0.6) is 0 Å². The van der Waals surface area contributed by atoms with Crippen molar-refractivity contribution in [3.63, 3.8) is 0 Å². The van der Waals surface area contributed by atoms with E-state index in [1.54, 1.807) is 0 Å². The monoisotopic (exact) mass is 440 g/mol. The molecule has 1 N–H and O–H groups in total. The molecule has 0 saturated heterocycles. The van der Waals surface area contributed by atoms with Crippen molar-refractivity contribution in [1.82, 2.24) is 0 Å². The molecule has 0 aliphatic rings. The Bertz CT molecular complexity index is 489. The Morgan fingerprint density at radius 3 is 1.59 bits per heavy atom. The van der Waals surface area contributed by atoms with Gasteiger partial charge < -0.3 is 13.7 Å². The second-order valence-corrected chi connectivity index (χ2v) is 7.59. The normalized spacial score (nSPS) is 10.8. The largest absolute Gasteiger partial charge is 0.466 e. The van der Waals surface area contributed by atoms with E-state index in [4.69, 9.17) is 14.0 Å². The zero-order valence-corrected chi connectivity index (χ0v) is 19.1. The summed E-state index contributed by atoms with van der Waals surface area (Å²) in [5.41, 5.74) is 0. The highest BCUT2D eigenvalue weighted by atomic mass is 32.3. The van der Waals surface area contributed by atoms with Gasteiger partial charge in [0.2, 0.25) is 0 Å².